The summed E-state index contributed by atoms with van der Waals surface area (Å²) in [7, 11) is 0. The molecule has 3 atom stereocenters. The van der Waals surface area contributed by atoms with Crippen molar-refractivity contribution in [3.05, 3.63) is 0 Å². The van der Waals surface area contributed by atoms with Gasteiger partial charge in [0.2, 0.25) is 5.91 Å². The van der Waals surface area contributed by atoms with Crippen molar-refractivity contribution in [2.75, 3.05) is 13.1 Å². The summed E-state index contributed by atoms with van der Waals surface area (Å²) in [4.78, 5) is 14.2. The zero-order valence-corrected chi connectivity index (χ0v) is 10.1. The predicted octanol–water partition coefficient (Wildman–Crippen LogP) is 0.467. The lowest BCUT2D eigenvalue weighted by Crippen LogP contribution is -2.47. The molecule has 2 heterocycles. The number of hydrogen-bond acceptors (Lipinski definition) is 3. The summed E-state index contributed by atoms with van der Waals surface area (Å²) in [6, 6.07) is 0.918. The van der Waals surface area contributed by atoms with Crippen LogP contribution in [0.4, 0.5) is 0 Å². The van der Waals surface area contributed by atoms with Crippen molar-refractivity contribution in [1.82, 2.24) is 10.2 Å². The van der Waals surface area contributed by atoms with Crippen molar-refractivity contribution >= 4 is 5.91 Å². The second-order valence-electron chi connectivity index (χ2n) is 5.24. The van der Waals surface area contributed by atoms with Crippen molar-refractivity contribution in [3.8, 4) is 0 Å². The maximum atomic E-state index is 11.7. The molecule has 0 radical (unpaired) electrons. The van der Waals surface area contributed by atoms with E-state index in [1.165, 1.54) is 25.8 Å². The average Bonchev–Trinajstić information content (AvgIpc) is 2.61. The first-order valence-corrected chi connectivity index (χ1v) is 6.46. The second kappa shape index (κ2) is 5.15. The van der Waals surface area contributed by atoms with Crippen LogP contribution < -0.4 is 11.1 Å². The third kappa shape index (κ3) is 2.74. The number of fused-ring (bicyclic) bond motifs is 1. The van der Waals surface area contributed by atoms with Crippen molar-refractivity contribution < 1.29 is 4.79 Å². The normalized spacial score (nSPS) is 32.1. The summed E-state index contributed by atoms with van der Waals surface area (Å²) in [5, 5.41) is 3.15. The van der Waals surface area contributed by atoms with E-state index in [-0.39, 0.29) is 11.9 Å². The Hall–Kier alpha value is -0.610. The molecule has 0 saturated carbocycles. The van der Waals surface area contributed by atoms with Gasteiger partial charge in [-0.25, -0.2) is 0 Å². The Balaban J connectivity index is 1.83. The third-order valence-corrected chi connectivity index (χ3v) is 3.71. The minimum Gasteiger partial charge on any atom is -0.352 e. The number of carbonyl (C=O) groups is 1. The van der Waals surface area contributed by atoms with Crippen molar-refractivity contribution in [2.45, 2.75) is 57.2 Å². The minimum atomic E-state index is -0.0381. The van der Waals surface area contributed by atoms with Gasteiger partial charge in [0, 0.05) is 31.1 Å². The molecular formula is C12H23N3O. The molecule has 16 heavy (non-hydrogen) atoms. The number of nitrogens with one attached hydrogen (secondary N) is 1. The van der Waals surface area contributed by atoms with E-state index in [4.69, 9.17) is 5.73 Å². The van der Waals surface area contributed by atoms with Crippen molar-refractivity contribution in [3.63, 3.8) is 0 Å². The van der Waals surface area contributed by atoms with Crippen LogP contribution in [0.2, 0.25) is 0 Å². The lowest BCUT2D eigenvalue weighted by atomic mass is 9.99. The standard InChI is InChI=1S/C12H23N3O/c1-9(13)8-12(16)14-10-5-7-15-6-3-2-4-11(10)15/h9-11H,2-8,13H2,1H3,(H,14,16). The highest BCUT2D eigenvalue weighted by Crippen LogP contribution is 2.27. The molecule has 2 fully saturated rings. The minimum absolute atomic E-state index is 0.0381. The van der Waals surface area contributed by atoms with Crippen LogP contribution >= 0.6 is 0 Å². The molecule has 0 aliphatic carbocycles. The largest absolute Gasteiger partial charge is 0.352 e. The fourth-order valence-electron chi connectivity index (χ4n) is 2.97. The number of hydrogen-bond donors (Lipinski definition) is 2. The van der Waals surface area contributed by atoms with Crippen LogP contribution in [0.1, 0.15) is 39.0 Å². The highest BCUT2D eigenvalue weighted by molar-refractivity contribution is 5.76. The molecular weight excluding hydrogens is 202 g/mol. The van der Waals surface area contributed by atoms with E-state index >= 15 is 0 Å². The van der Waals surface area contributed by atoms with Gasteiger partial charge in [-0.1, -0.05) is 6.42 Å². The summed E-state index contributed by atoms with van der Waals surface area (Å²) in [5.74, 6) is 0.118. The summed E-state index contributed by atoms with van der Waals surface area (Å²) in [6.07, 6.45) is 5.42. The number of amides is 1. The van der Waals surface area contributed by atoms with Gasteiger partial charge in [-0.05, 0) is 32.7 Å². The van der Waals surface area contributed by atoms with E-state index in [0.29, 0.717) is 18.5 Å². The monoisotopic (exact) mass is 225 g/mol. The average molecular weight is 225 g/mol. The molecule has 2 aliphatic heterocycles. The number of piperidine rings is 1. The van der Waals surface area contributed by atoms with Gasteiger partial charge in [-0.2, -0.15) is 0 Å². The predicted molar refractivity (Wildman–Crippen MR) is 64.0 cm³/mol. The maximum absolute atomic E-state index is 11.7. The molecule has 0 spiro atoms. The molecule has 0 aromatic rings. The summed E-state index contributed by atoms with van der Waals surface area (Å²) in [6.45, 7) is 4.24. The van der Waals surface area contributed by atoms with Gasteiger partial charge < -0.3 is 11.1 Å². The zero-order valence-electron chi connectivity index (χ0n) is 10.1. The van der Waals surface area contributed by atoms with Crippen LogP contribution in [-0.2, 0) is 4.79 Å². The van der Waals surface area contributed by atoms with E-state index < -0.39 is 0 Å². The van der Waals surface area contributed by atoms with E-state index in [1.807, 2.05) is 6.92 Å². The Bertz CT molecular complexity index is 255. The van der Waals surface area contributed by atoms with Crippen LogP contribution in [0.3, 0.4) is 0 Å². The van der Waals surface area contributed by atoms with Gasteiger partial charge in [-0.3, -0.25) is 9.69 Å². The lowest BCUT2D eigenvalue weighted by molar-refractivity contribution is -0.122. The van der Waals surface area contributed by atoms with E-state index in [2.05, 4.69) is 10.2 Å². The Morgan fingerprint density at radius 1 is 1.44 bits per heavy atom. The molecule has 1 amide bonds. The molecule has 92 valence electrons. The number of carbonyl (C=O) groups excluding carboxylic acids is 1. The third-order valence-electron chi connectivity index (χ3n) is 3.71. The van der Waals surface area contributed by atoms with E-state index in [9.17, 15) is 4.79 Å². The van der Waals surface area contributed by atoms with Gasteiger partial charge >= 0.3 is 0 Å². The molecule has 0 aromatic heterocycles. The van der Waals surface area contributed by atoms with Crippen molar-refractivity contribution in [2.24, 2.45) is 5.73 Å². The van der Waals surface area contributed by atoms with E-state index in [0.717, 1.165) is 13.0 Å². The second-order valence-corrected chi connectivity index (χ2v) is 5.24. The fourth-order valence-corrected chi connectivity index (χ4v) is 2.97. The van der Waals surface area contributed by atoms with Gasteiger partial charge in [0.1, 0.15) is 0 Å². The summed E-state index contributed by atoms with van der Waals surface area (Å²) in [5.41, 5.74) is 5.63. The Kier molecular flexibility index (Phi) is 3.82. The summed E-state index contributed by atoms with van der Waals surface area (Å²) < 4.78 is 0. The first-order chi connectivity index (χ1) is 7.66. The Morgan fingerprint density at radius 3 is 3.00 bits per heavy atom. The lowest BCUT2D eigenvalue weighted by Gasteiger charge is -2.32. The number of rotatable bonds is 3. The molecule has 0 aromatic carbocycles. The highest BCUT2D eigenvalue weighted by atomic mass is 16.1. The molecule has 3 N–H and O–H groups in total. The van der Waals surface area contributed by atoms with Crippen LogP contribution in [0, 0.1) is 0 Å². The van der Waals surface area contributed by atoms with Gasteiger partial charge in [0.25, 0.3) is 0 Å². The van der Waals surface area contributed by atoms with Crippen molar-refractivity contribution in [1.29, 1.82) is 0 Å². The molecule has 2 aliphatic rings. The topological polar surface area (TPSA) is 58.4 Å². The van der Waals surface area contributed by atoms with Crippen LogP contribution in [0.5, 0.6) is 0 Å². The molecule has 3 unspecified atom stereocenters. The molecule has 2 rings (SSSR count). The zero-order chi connectivity index (χ0) is 11.5. The van der Waals surface area contributed by atoms with Crippen LogP contribution in [0.25, 0.3) is 0 Å². The summed E-state index contributed by atoms with van der Waals surface area (Å²) >= 11 is 0. The van der Waals surface area contributed by atoms with Crippen LogP contribution in [0.15, 0.2) is 0 Å². The first kappa shape index (κ1) is 11.9. The highest BCUT2D eigenvalue weighted by Gasteiger charge is 2.36. The van der Waals surface area contributed by atoms with Gasteiger partial charge in [-0.15, -0.1) is 0 Å². The Labute approximate surface area is 97.6 Å². The molecule has 4 nitrogen and oxygen atoms in total. The fraction of sp³-hybridized carbons (Fsp3) is 0.917. The quantitative estimate of drug-likeness (QED) is 0.734. The maximum Gasteiger partial charge on any atom is 0.221 e. The smallest absolute Gasteiger partial charge is 0.221 e. The van der Waals surface area contributed by atoms with Gasteiger partial charge in [0.05, 0.1) is 0 Å². The van der Waals surface area contributed by atoms with Gasteiger partial charge in [0.15, 0.2) is 0 Å². The number of nitrogens with zero attached hydrogens (tertiary/aromatic N) is 1. The molecule has 4 heteroatoms. The number of nitrogens with two attached hydrogens (primary N) is 1. The van der Waals surface area contributed by atoms with E-state index in [1.54, 1.807) is 0 Å². The molecule has 0 bridgehead atoms. The Morgan fingerprint density at radius 2 is 2.25 bits per heavy atom. The molecule has 2 saturated heterocycles. The first-order valence-electron chi connectivity index (χ1n) is 6.46. The SMILES string of the molecule is CC(N)CC(=O)NC1CCN2CCCCC12. The van der Waals surface area contributed by atoms with Crippen LogP contribution in [-0.4, -0.2) is 42.0 Å².